The summed E-state index contributed by atoms with van der Waals surface area (Å²) in [5, 5.41) is 18.6. The van der Waals surface area contributed by atoms with E-state index in [0.717, 1.165) is 5.56 Å². The lowest BCUT2D eigenvalue weighted by atomic mass is 10.1. The van der Waals surface area contributed by atoms with E-state index in [-0.39, 0.29) is 12.3 Å². The fourth-order valence-corrected chi connectivity index (χ4v) is 1.77. The number of hydrogen-bond donors (Lipinski definition) is 2. The topological polar surface area (TPSA) is 105 Å². The molecule has 1 aromatic heterocycles. The lowest BCUT2D eigenvalue weighted by Crippen LogP contribution is -2.24. The molecular weight excluding hydrogens is 274 g/mol. The van der Waals surface area contributed by atoms with Crippen LogP contribution in [0.4, 0.5) is 0 Å². The number of carbonyl (C=O) groups excluding carboxylic acids is 1. The van der Waals surface area contributed by atoms with Gasteiger partial charge in [-0.05, 0) is 37.1 Å². The number of unbranched alkanes of at least 4 members (excludes halogenated alkanes) is 1. The predicted molar refractivity (Wildman–Crippen MR) is 73.6 cm³/mol. The van der Waals surface area contributed by atoms with Crippen molar-refractivity contribution in [1.29, 1.82) is 0 Å². The third-order valence-corrected chi connectivity index (χ3v) is 2.86. The fraction of sp³-hybridized carbons (Fsp3) is 0.286. The summed E-state index contributed by atoms with van der Waals surface area (Å²) in [5.74, 6) is -0.615. The number of carbonyl (C=O) groups is 2. The molecule has 0 spiro atoms. The van der Waals surface area contributed by atoms with Gasteiger partial charge in [-0.15, -0.1) is 10.2 Å². The molecule has 1 amide bonds. The summed E-state index contributed by atoms with van der Waals surface area (Å²) in [6.45, 7) is 0.456. The normalized spacial score (nSPS) is 10.3. The number of amides is 1. The standard InChI is InChI=1S/C14H15N3O4/c18-12(19)3-1-2-8-15-13(20)10-4-6-11(7-5-10)14-17-16-9-21-14/h4-7,9H,1-3,8H2,(H,15,20)(H,18,19). The van der Waals surface area contributed by atoms with Gasteiger partial charge in [-0.1, -0.05) is 0 Å². The highest BCUT2D eigenvalue weighted by atomic mass is 16.4. The van der Waals surface area contributed by atoms with Gasteiger partial charge in [-0.2, -0.15) is 0 Å². The van der Waals surface area contributed by atoms with Crippen LogP contribution in [-0.4, -0.2) is 33.7 Å². The van der Waals surface area contributed by atoms with E-state index in [0.29, 0.717) is 30.8 Å². The number of benzene rings is 1. The maximum absolute atomic E-state index is 11.9. The maximum atomic E-state index is 11.9. The molecule has 21 heavy (non-hydrogen) atoms. The van der Waals surface area contributed by atoms with Gasteiger partial charge in [-0.25, -0.2) is 0 Å². The molecule has 0 aliphatic carbocycles. The highest BCUT2D eigenvalue weighted by molar-refractivity contribution is 5.94. The lowest BCUT2D eigenvalue weighted by molar-refractivity contribution is -0.137. The van der Waals surface area contributed by atoms with E-state index in [1.807, 2.05) is 0 Å². The van der Waals surface area contributed by atoms with Crippen LogP contribution in [0, 0.1) is 0 Å². The minimum atomic E-state index is -0.821. The second kappa shape index (κ2) is 7.18. The first-order chi connectivity index (χ1) is 10.2. The van der Waals surface area contributed by atoms with Gasteiger partial charge in [0.15, 0.2) is 0 Å². The van der Waals surface area contributed by atoms with Gasteiger partial charge < -0.3 is 14.8 Å². The Kier molecular flexibility index (Phi) is 5.03. The fourth-order valence-electron chi connectivity index (χ4n) is 1.77. The number of carboxylic acid groups (broad SMARTS) is 1. The van der Waals surface area contributed by atoms with Crippen molar-refractivity contribution in [2.45, 2.75) is 19.3 Å². The average Bonchev–Trinajstić information content (AvgIpc) is 3.01. The number of aromatic nitrogens is 2. The predicted octanol–water partition coefficient (Wildman–Crippen LogP) is 1.72. The minimum Gasteiger partial charge on any atom is -0.481 e. The number of carboxylic acids is 1. The lowest BCUT2D eigenvalue weighted by Gasteiger charge is -2.05. The monoisotopic (exact) mass is 289 g/mol. The molecule has 2 rings (SSSR count). The number of aliphatic carboxylic acids is 1. The van der Waals surface area contributed by atoms with Crippen LogP contribution >= 0.6 is 0 Å². The first kappa shape index (κ1) is 14.7. The van der Waals surface area contributed by atoms with E-state index in [4.69, 9.17) is 9.52 Å². The van der Waals surface area contributed by atoms with Crippen LogP contribution in [-0.2, 0) is 4.79 Å². The van der Waals surface area contributed by atoms with Crippen molar-refractivity contribution < 1.29 is 19.1 Å². The highest BCUT2D eigenvalue weighted by Crippen LogP contribution is 2.16. The average molecular weight is 289 g/mol. The number of nitrogens with zero attached hydrogens (tertiary/aromatic N) is 2. The quantitative estimate of drug-likeness (QED) is 0.752. The van der Waals surface area contributed by atoms with Crippen molar-refractivity contribution in [3.05, 3.63) is 36.2 Å². The minimum absolute atomic E-state index is 0.120. The Labute approximate surface area is 121 Å². The molecule has 7 heteroatoms. The summed E-state index contributed by atoms with van der Waals surface area (Å²) >= 11 is 0. The Balaban J connectivity index is 1.81. The zero-order valence-electron chi connectivity index (χ0n) is 11.3. The van der Waals surface area contributed by atoms with Gasteiger partial charge in [0.2, 0.25) is 12.3 Å². The Morgan fingerprint density at radius 2 is 1.95 bits per heavy atom. The third-order valence-electron chi connectivity index (χ3n) is 2.86. The third kappa shape index (κ3) is 4.41. The molecule has 7 nitrogen and oxygen atoms in total. The molecule has 1 heterocycles. The molecule has 0 fully saturated rings. The smallest absolute Gasteiger partial charge is 0.303 e. The summed E-state index contributed by atoms with van der Waals surface area (Å²) in [4.78, 5) is 22.2. The second-order valence-corrected chi connectivity index (χ2v) is 4.43. The summed E-state index contributed by atoms with van der Waals surface area (Å²) < 4.78 is 5.06. The van der Waals surface area contributed by atoms with E-state index in [2.05, 4.69) is 15.5 Å². The molecule has 0 aliphatic heterocycles. The van der Waals surface area contributed by atoms with Crippen LogP contribution in [0.25, 0.3) is 11.5 Å². The van der Waals surface area contributed by atoms with Crippen molar-refractivity contribution in [1.82, 2.24) is 15.5 Å². The van der Waals surface area contributed by atoms with Gasteiger partial charge in [0.25, 0.3) is 5.91 Å². The van der Waals surface area contributed by atoms with Gasteiger partial charge in [0.05, 0.1) is 0 Å². The molecule has 2 aromatic rings. The van der Waals surface area contributed by atoms with E-state index < -0.39 is 5.97 Å². The second-order valence-electron chi connectivity index (χ2n) is 4.43. The van der Waals surface area contributed by atoms with Crippen LogP contribution in [0.1, 0.15) is 29.6 Å². The van der Waals surface area contributed by atoms with Gasteiger partial charge in [-0.3, -0.25) is 9.59 Å². The Bertz CT molecular complexity index is 593. The van der Waals surface area contributed by atoms with Gasteiger partial charge in [0, 0.05) is 24.1 Å². The van der Waals surface area contributed by atoms with E-state index in [1.54, 1.807) is 24.3 Å². The largest absolute Gasteiger partial charge is 0.481 e. The number of hydrogen-bond acceptors (Lipinski definition) is 5. The van der Waals surface area contributed by atoms with Crippen molar-refractivity contribution in [3.63, 3.8) is 0 Å². The zero-order chi connectivity index (χ0) is 15.1. The van der Waals surface area contributed by atoms with Crippen LogP contribution in [0.2, 0.25) is 0 Å². The molecule has 0 atom stereocenters. The SMILES string of the molecule is O=C(O)CCCCNC(=O)c1ccc(-c2nnco2)cc1. The van der Waals surface area contributed by atoms with Crippen LogP contribution < -0.4 is 5.32 Å². The first-order valence-corrected chi connectivity index (χ1v) is 6.53. The Morgan fingerprint density at radius 1 is 1.19 bits per heavy atom. The Hall–Kier alpha value is -2.70. The molecule has 110 valence electrons. The van der Waals surface area contributed by atoms with Crippen LogP contribution in [0.5, 0.6) is 0 Å². The van der Waals surface area contributed by atoms with E-state index >= 15 is 0 Å². The van der Waals surface area contributed by atoms with E-state index in [9.17, 15) is 9.59 Å². The first-order valence-electron chi connectivity index (χ1n) is 6.53. The van der Waals surface area contributed by atoms with Crippen molar-refractivity contribution in [3.8, 4) is 11.5 Å². The summed E-state index contributed by atoms with van der Waals surface area (Å²) in [5.41, 5.74) is 1.27. The van der Waals surface area contributed by atoms with Crippen molar-refractivity contribution in [2.24, 2.45) is 0 Å². The van der Waals surface area contributed by atoms with Crippen LogP contribution in [0.3, 0.4) is 0 Å². The summed E-state index contributed by atoms with van der Waals surface area (Å²) in [7, 11) is 0. The summed E-state index contributed by atoms with van der Waals surface area (Å²) in [6.07, 6.45) is 2.55. The molecule has 0 radical (unpaired) electrons. The Morgan fingerprint density at radius 3 is 2.57 bits per heavy atom. The molecule has 0 saturated carbocycles. The van der Waals surface area contributed by atoms with Crippen LogP contribution in [0.15, 0.2) is 35.1 Å². The van der Waals surface area contributed by atoms with Gasteiger partial charge in [0.1, 0.15) is 0 Å². The summed E-state index contributed by atoms with van der Waals surface area (Å²) in [6, 6.07) is 6.80. The maximum Gasteiger partial charge on any atom is 0.303 e. The molecule has 0 unspecified atom stereocenters. The molecule has 1 aromatic carbocycles. The molecule has 0 saturated heterocycles. The highest BCUT2D eigenvalue weighted by Gasteiger charge is 2.07. The molecule has 2 N–H and O–H groups in total. The zero-order valence-corrected chi connectivity index (χ0v) is 11.3. The molecule has 0 bridgehead atoms. The van der Waals surface area contributed by atoms with Gasteiger partial charge >= 0.3 is 5.97 Å². The molecule has 0 aliphatic rings. The van der Waals surface area contributed by atoms with Crippen molar-refractivity contribution >= 4 is 11.9 Å². The van der Waals surface area contributed by atoms with Crippen molar-refractivity contribution in [2.75, 3.05) is 6.54 Å². The molecular formula is C14H15N3O4. The number of rotatable bonds is 7. The number of nitrogens with one attached hydrogen (secondary N) is 1. The van der Waals surface area contributed by atoms with E-state index in [1.165, 1.54) is 6.39 Å².